The van der Waals surface area contributed by atoms with Crippen molar-refractivity contribution in [3.8, 4) is 17.2 Å². The Hall–Kier alpha value is -6.69. The maximum absolute atomic E-state index is 9.44. The van der Waals surface area contributed by atoms with Crippen molar-refractivity contribution in [2.45, 2.75) is 70.1 Å². The first-order valence-electron chi connectivity index (χ1n) is 21.5. The molecule has 3 unspecified atom stereocenters. The van der Waals surface area contributed by atoms with Crippen LogP contribution in [0, 0.1) is 18.3 Å². The first-order chi connectivity index (χ1) is 29.3. The van der Waals surface area contributed by atoms with Crippen LogP contribution in [0.1, 0.15) is 101 Å². The van der Waals surface area contributed by atoms with E-state index in [-0.39, 0.29) is 23.2 Å². The zero-order valence-corrected chi connectivity index (χ0v) is 34.9. The quantitative estimate of drug-likeness (QED) is 0.139. The first kappa shape index (κ1) is 37.6. The zero-order chi connectivity index (χ0) is 41.0. The summed E-state index contributed by atoms with van der Waals surface area (Å²) >= 11 is 0. The molecule has 1 aliphatic rings. The summed E-state index contributed by atoms with van der Waals surface area (Å²) in [5, 5.41) is 14.5. The van der Waals surface area contributed by atoms with Crippen LogP contribution in [0.2, 0.25) is 0 Å². The number of nitriles is 1. The SMILES string of the molecule is Cc1ccc(C(Cc2ccc(C#N)cc2)C(C)c2ccc3c(c2)C(C)(C)c2cc(CCC(c4ccccc4)c4cccc5oc6ccccc6c45)c4ccccc4c2-3)cc1. The van der Waals surface area contributed by atoms with Gasteiger partial charge in [-0.3, -0.25) is 0 Å². The van der Waals surface area contributed by atoms with E-state index in [1.54, 1.807) is 0 Å². The number of rotatable bonds is 10. The van der Waals surface area contributed by atoms with Crippen LogP contribution in [0.25, 0.3) is 43.8 Å². The van der Waals surface area contributed by atoms with Crippen LogP contribution < -0.4 is 0 Å². The molecule has 60 heavy (non-hydrogen) atoms. The fourth-order valence-corrected chi connectivity index (χ4v) is 10.3. The first-order valence-corrected chi connectivity index (χ1v) is 21.5. The number of furan rings is 1. The van der Waals surface area contributed by atoms with Crippen molar-refractivity contribution >= 4 is 32.7 Å². The van der Waals surface area contributed by atoms with Gasteiger partial charge in [0.15, 0.2) is 0 Å². The van der Waals surface area contributed by atoms with E-state index in [1.807, 2.05) is 12.1 Å². The van der Waals surface area contributed by atoms with Gasteiger partial charge < -0.3 is 4.42 Å². The van der Waals surface area contributed by atoms with Crippen LogP contribution in [0.3, 0.4) is 0 Å². The minimum Gasteiger partial charge on any atom is -0.456 e. The van der Waals surface area contributed by atoms with Gasteiger partial charge in [0.2, 0.25) is 0 Å². The van der Waals surface area contributed by atoms with Gasteiger partial charge in [0, 0.05) is 22.1 Å². The second-order valence-corrected chi connectivity index (χ2v) is 17.6. The topological polar surface area (TPSA) is 36.9 Å². The van der Waals surface area contributed by atoms with E-state index in [4.69, 9.17) is 4.42 Å². The Morgan fingerprint density at radius 3 is 2.07 bits per heavy atom. The highest BCUT2D eigenvalue weighted by Gasteiger charge is 2.38. The molecule has 3 atom stereocenters. The number of hydrogen-bond acceptors (Lipinski definition) is 2. The molecule has 1 aromatic heterocycles. The summed E-state index contributed by atoms with van der Waals surface area (Å²) in [6, 6.07) is 64.6. The summed E-state index contributed by atoms with van der Waals surface area (Å²) in [6.07, 6.45) is 2.82. The Balaban J connectivity index is 1.03. The van der Waals surface area contributed by atoms with Crippen LogP contribution in [0.4, 0.5) is 0 Å². The van der Waals surface area contributed by atoms with Gasteiger partial charge in [-0.2, -0.15) is 5.26 Å². The van der Waals surface area contributed by atoms with E-state index in [0.717, 1.165) is 30.4 Å². The highest BCUT2D eigenvalue weighted by molar-refractivity contribution is 6.07. The summed E-state index contributed by atoms with van der Waals surface area (Å²) in [4.78, 5) is 0. The Morgan fingerprint density at radius 2 is 1.30 bits per heavy atom. The molecule has 0 N–H and O–H groups in total. The van der Waals surface area contributed by atoms with Gasteiger partial charge in [-0.05, 0) is 129 Å². The van der Waals surface area contributed by atoms with Crippen molar-refractivity contribution in [3.05, 3.63) is 225 Å². The molecule has 0 aliphatic heterocycles. The molecule has 0 bridgehead atoms. The Morgan fingerprint density at radius 1 is 0.617 bits per heavy atom. The predicted octanol–water partition coefficient (Wildman–Crippen LogP) is 15.1. The fourth-order valence-electron chi connectivity index (χ4n) is 10.3. The van der Waals surface area contributed by atoms with Crippen LogP contribution in [-0.2, 0) is 18.3 Å². The van der Waals surface area contributed by atoms with Gasteiger partial charge >= 0.3 is 0 Å². The van der Waals surface area contributed by atoms with Gasteiger partial charge in [-0.15, -0.1) is 0 Å². The second-order valence-electron chi connectivity index (χ2n) is 17.6. The summed E-state index contributed by atoms with van der Waals surface area (Å²) in [7, 11) is 0. The third-order valence-electron chi connectivity index (χ3n) is 13.7. The van der Waals surface area contributed by atoms with Crippen LogP contribution >= 0.6 is 0 Å². The molecule has 0 saturated heterocycles. The molecule has 8 aromatic carbocycles. The summed E-state index contributed by atoms with van der Waals surface area (Å²) in [5.74, 6) is 0.745. The number of aryl methyl sites for hydroxylation is 2. The van der Waals surface area contributed by atoms with Crippen LogP contribution in [-0.4, -0.2) is 0 Å². The van der Waals surface area contributed by atoms with Gasteiger partial charge in [-0.25, -0.2) is 0 Å². The Labute approximate surface area is 353 Å². The minimum atomic E-state index is -0.175. The normalized spacial score (nSPS) is 14.4. The maximum atomic E-state index is 9.44. The van der Waals surface area contributed by atoms with E-state index in [1.165, 1.54) is 82.7 Å². The maximum Gasteiger partial charge on any atom is 0.135 e. The molecular weight excluding hydrogens is 727 g/mol. The standard InChI is InChI=1S/C58H49NO/c1-37-21-27-42(28-22-37)51(33-39-23-25-40(36-59)26-24-39)38(2)43-29-32-49-52(34-43)58(3,4)53-35-44(45-15-8-9-16-47(45)56(49)53)30-31-46(41-13-6-5-7-14-41)48-18-12-20-55-57(48)50-17-10-11-19-54(50)60-55/h5-29,32,34-35,38,46,51H,30-31,33H2,1-4H3. The molecule has 2 heteroatoms. The Bertz CT molecular complexity index is 3070. The van der Waals surface area contributed by atoms with E-state index >= 15 is 0 Å². The van der Waals surface area contributed by atoms with Crippen molar-refractivity contribution in [1.29, 1.82) is 5.26 Å². The molecule has 0 amide bonds. The van der Waals surface area contributed by atoms with E-state index in [2.05, 4.69) is 191 Å². The van der Waals surface area contributed by atoms with Crippen LogP contribution in [0.5, 0.6) is 0 Å². The number of fused-ring (bicyclic) bond motifs is 8. The molecule has 9 aromatic rings. The third kappa shape index (κ3) is 6.50. The molecule has 0 fully saturated rings. The van der Waals surface area contributed by atoms with Gasteiger partial charge in [0.1, 0.15) is 11.2 Å². The van der Waals surface area contributed by atoms with Crippen LogP contribution in [0.15, 0.2) is 174 Å². The lowest BCUT2D eigenvalue weighted by Crippen LogP contribution is -2.17. The summed E-state index contributed by atoms with van der Waals surface area (Å²) < 4.78 is 6.39. The van der Waals surface area contributed by atoms with Crippen molar-refractivity contribution in [1.82, 2.24) is 0 Å². The molecule has 1 aliphatic carbocycles. The average molecular weight is 776 g/mol. The highest BCUT2D eigenvalue weighted by atomic mass is 16.3. The molecular formula is C58H49NO. The number of nitrogens with zero attached hydrogens (tertiary/aromatic N) is 1. The summed E-state index contributed by atoms with van der Waals surface area (Å²) in [6.45, 7) is 9.41. The molecule has 0 saturated carbocycles. The fraction of sp³-hybridized carbons (Fsp3) is 0.190. The lowest BCUT2D eigenvalue weighted by atomic mass is 9.76. The van der Waals surface area contributed by atoms with Crippen molar-refractivity contribution in [2.24, 2.45) is 0 Å². The lowest BCUT2D eigenvalue weighted by Gasteiger charge is -2.28. The average Bonchev–Trinajstić information content (AvgIpc) is 3.78. The number of hydrogen-bond donors (Lipinski definition) is 0. The number of benzene rings is 8. The van der Waals surface area contributed by atoms with Gasteiger partial charge in [0.05, 0.1) is 11.6 Å². The number of para-hydroxylation sites is 1. The molecule has 10 rings (SSSR count). The van der Waals surface area contributed by atoms with Crippen molar-refractivity contribution in [3.63, 3.8) is 0 Å². The molecule has 2 nitrogen and oxygen atoms in total. The van der Waals surface area contributed by atoms with Gasteiger partial charge in [-0.1, -0.05) is 172 Å². The molecule has 0 spiro atoms. The third-order valence-corrected chi connectivity index (χ3v) is 13.7. The summed E-state index contributed by atoms with van der Waals surface area (Å²) in [5.41, 5.74) is 17.3. The second kappa shape index (κ2) is 15.2. The van der Waals surface area contributed by atoms with Crippen molar-refractivity contribution < 1.29 is 4.42 Å². The minimum absolute atomic E-state index is 0.175. The van der Waals surface area contributed by atoms with E-state index in [0.29, 0.717) is 5.56 Å². The monoisotopic (exact) mass is 775 g/mol. The molecule has 292 valence electrons. The molecule has 0 radical (unpaired) electrons. The Kier molecular flexibility index (Phi) is 9.49. The smallest absolute Gasteiger partial charge is 0.135 e. The lowest BCUT2D eigenvalue weighted by molar-refractivity contribution is 0.569. The molecule has 1 heterocycles. The van der Waals surface area contributed by atoms with E-state index < -0.39 is 0 Å². The van der Waals surface area contributed by atoms with E-state index in [9.17, 15) is 5.26 Å². The van der Waals surface area contributed by atoms with Crippen molar-refractivity contribution in [2.75, 3.05) is 0 Å². The highest BCUT2D eigenvalue weighted by Crippen LogP contribution is 2.53. The zero-order valence-electron chi connectivity index (χ0n) is 34.9. The largest absolute Gasteiger partial charge is 0.456 e. The predicted molar refractivity (Wildman–Crippen MR) is 249 cm³/mol. The van der Waals surface area contributed by atoms with Gasteiger partial charge in [0.25, 0.3) is 0 Å².